The van der Waals surface area contributed by atoms with Crippen LogP contribution in [0.3, 0.4) is 0 Å². The Labute approximate surface area is 170 Å². The van der Waals surface area contributed by atoms with Crippen molar-refractivity contribution in [2.24, 2.45) is 0 Å². The molecule has 0 bridgehead atoms. The van der Waals surface area contributed by atoms with Crippen LogP contribution in [0.15, 0.2) is 59.6 Å². The van der Waals surface area contributed by atoms with E-state index in [1.165, 1.54) is 28.8 Å². The van der Waals surface area contributed by atoms with Crippen LogP contribution in [0.4, 0.5) is 5.69 Å². The van der Waals surface area contributed by atoms with Crippen LogP contribution >= 0.6 is 24.0 Å². The number of rotatable bonds is 4. The van der Waals surface area contributed by atoms with E-state index in [0.717, 1.165) is 22.0 Å². The van der Waals surface area contributed by atoms with E-state index in [-0.39, 0.29) is 11.6 Å². The van der Waals surface area contributed by atoms with Crippen molar-refractivity contribution in [1.29, 1.82) is 0 Å². The molecule has 28 heavy (non-hydrogen) atoms. The minimum absolute atomic E-state index is 0.0726. The number of thioether (sulfide) groups is 1. The summed E-state index contributed by atoms with van der Waals surface area (Å²) in [6, 6.07) is 14.5. The Balaban J connectivity index is 1.72. The number of thiocarbonyl (C=S) groups is 1. The van der Waals surface area contributed by atoms with Gasteiger partial charge in [-0.2, -0.15) is 0 Å². The van der Waals surface area contributed by atoms with Crippen LogP contribution in [0.1, 0.15) is 11.1 Å². The lowest BCUT2D eigenvalue weighted by Crippen LogP contribution is -2.22. The molecule has 0 unspecified atom stereocenters. The van der Waals surface area contributed by atoms with Crippen molar-refractivity contribution >= 4 is 56.9 Å². The molecule has 1 fully saturated rings. The molecule has 3 aromatic rings. The number of benzene rings is 2. The molecule has 2 heterocycles. The van der Waals surface area contributed by atoms with Gasteiger partial charge in [-0.1, -0.05) is 54.3 Å². The number of nitro groups is 1. The molecule has 0 spiro atoms. The van der Waals surface area contributed by atoms with E-state index in [1.54, 1.807) is 19.2 Å². The lowest BCUT2D eigenvalue weighted by Gasteiger charge is -2.05. The topological polar surface area (TPSA) is 68.4 Å². The summed E-state index contributed by atoms with van der Waals surface area (Å²) in [6.07, 6.45) is 3.87. The Morgan fingerprint density at radius 3 is 2.54 bits per heavy atom. The molecular weight excluding hydrogens is 394 g/mol. The van der Waals surface area contributed by atoms with Crippen molar-refractivity contribution in [3.05, 3.63) is 80.9 Å². The van der Waals surface area contributed by atoms with E-state index in [9.17, 15) is 14.9 Å². The average molecular weight is 409 g/mol. The summed E-state index contributed by atoms with van der Waals surface area (Å²) >= 11 is 6.50. The molecule has 0 radical (unpaired) electrons. The average Bonchev–Trinajstić information content (AvgIpc) is 3.15. The zero-order valence-electron chi connectivity index (χ0n) is 14.9. The molecular formula is C20H15N3O3S2. The van der Waals surface area contributed by atoms with Crippen LogP contribution in [-0.4, -0.2) is 31.7 Å². The number of carbonyl (C=O) groups excluding carboxylic acids is 1. The number of fused-ring (bicyclic) bond motifs is 1. The molecule has 1 saturated heterocycles. The first kappa shape index (κ1) is 18.4. The highest BCUT2D eigenvalue weighted by Crippen LogP contribution is 2.33. The second-order valence-electron chi connectivity index (χ2n) is 6.39. The smallest absolute Gasteiger partial charge is 0.269 e. The standard InChI is InChI=1S/C20H15N3O3S2/c1-21-19(24)18(28-20(21)27)10-14-12-22(17-5-3-2-4-16(14)17)11-13-6-8-15(9-7-13)23(25)26/h2-10,12H,11H2,1H3/b18-10+. The number of hydrogen-bond acceptors (Lipinski definition) is 5. The number of aromatic nitrogens is 1. The molecule has 1 amide bonds. The lowest BCUT2D eigenvalue weighted by molar-refractivity contribution is -0.384. The monoisotopic (exact) mass is 409 g/mol. The van der Waals surface area contributed by atoms with Gasteiger partial charge in [-0.25, -0.2) is 0 Å². The largest absolute Gasteiger partial charge is 0.342 e. The molecule has 0 saturated carbocycles. The Kier molecular flexibility index (Phi) is 4.74. The van der Waals surface area contributed by atoms with Crippen LogP contribution in [0.25, 0.3) is 17.0 Å². The number of nitrogens with zero attached hydrogens (tertiary/aromatic N) is 3. The van der Waals surface area contributed by atoms with Gasteiger partial charge in [-0.3, -0.25) is 19.8 Å². The molecule has 1 aliphatic heterocycles. The van der Waals surface area contributed by atoms with Gasteiger partial charge in [0.05, 0.1) is 9.83 Å². The minimum Gasteiger partial charge on any atom is -0.342 e. The van der Waals surface area contributed by atoms with E-state index in [2.05, 4.69) is 4.57 Å². The van der Waals surface area contributed by atoms with E-state index in [1.807, 2.05) is 36.5 Å². The van der Waals surface area contributed by atoms with Gasteiger partial charge in [-0.15, -0.1) is 0 Å². The van der Waals surface area contributed by atoms with Gasteiger partial charge in [-0.05, 0) is 17.7 Å². The van der Waals surface area contributed by atoms with Gasteiger partial charge in [0.2, 0.25) is 0 Å². The first-order valence-electron chi connectivity index (χ1n) is 8.47. The number of para-hydroxylation sites is 1. The zero-order chi connectivity index (χ0) is 19.8. The first-order valence-corrected chi connectivity index (χ1v) is 9.69. The van der Waals surface area contributed by atoms with E-state index in [4.69, 9.17) is 12.2 Å². The Morgan fingerprint density at radius 1 is 1.18 bits per heavy atom. The number of nitro benzene ring substituents is 1. The minimum atomic E-state index is -0.406. The number of non-ortho nitro benzene ring substituents is 1. The number of hydrogen-bond donors (Lipinski definition) is 0. The normalized spacial score (nSPS) is 15.8. The summed E-state index contributed by atoms with van der Waals surface area (Å²) in [5.74, 6) is -0.0952. The maximum absolute atomic E-state index is 12.3. The van der Waals surface area contributed by atoms with Gasteiger partial charge < -0.3 is 4.57 Å². The predicted molar refractivity (Wildman–Crippen MR) is 115 cm³/mol. The molecule has 1 aromatic heterocycles. The summed E-state index contributed by atoms with van der Waals surface area (Å²) in [5, 5.41) is 11.9. The Hall–Kier alpha value is -2.97. The molecule has 0 aliphatic carbocycles. The van der Waals surface area contributed by atoms with Crippen molar-refractivity contribution in [2.45, 2.75) is 6.54 Å². The van der Waals surface area contributed by atoms with Crippen molar-refractivity contribution in [2.75, 3.05) is 7.05 Å². The van der Waals surface area contributed by atoms with E-state index >= 15 is 0 Å². The third-order valence-electron chi connectivity index (χ3n) is 4.59. The number of amides is 1. The highest BCUT2D eigenvalue weighted by atomic mass is 32.2. The molecule has 8 heteroatoms. The molecule has 0 N–H and O–H groups in total. The predicted octanol–water partition coefficient (Wildman–Crippen LogP) is 4.43. The van der Waals surface area contributed by atoms with Crippen molar-refractivity contribution in [3.63, 3.8) is 0 Å². The van der Waals surface area contributed by atoms with Gasteiger partial charge in [0.15, 0.2) is 0 Å². The summed E-state index contributed by atoms with van der Waals surface area (Å²) in [5.41, 5.74) is 2.99. The quantitative estimate of drug-likeness (QED) is 0.276. The molecule has 1 aliphatic rings. The second-order valence-corrected chi connectivity index (χ2v) is 8.07. The zero-order valence-corrected chi connectivity index (χ0v) is 16.5. The van der Waals surface area contributed by atoms with Crippen molar-refractivity contribution < 1.29 is 9.72 Å². The fourth-order valence-corrected chi connectivity index (χ4v) is 4.30. The van der Waals surface area contributed by atoms with Gasteiger partial charge in [0.25, 0.3) is 11.6 Å². The fourth-order valence-electron chi connectivity index (χ4n) is 3.13. The molecule has 140 valence electrons. The summed E-state index contributed by atoms with van der Waals surface area (Å²) in [6.45, 7) is 0.571. The Bertz CT molecular complexity index is 1150. The fraction of sp³-hybridized carbons (Fsp3) is 0.100. The maximum Gasteiger partial charge on any atom is 0.269 e. The molecule has 4 rings (SSSR count). The maximum atomic E-state index is 12.3. The van der Waals surface area contributed by atoms with Crippen LogP contribution in [0.2, 0.25) is 0 Å². The summed E-state index contributed by atoms with van der Waals surface area (Å²) < 4.78 is 2.63. The molecule has 6 nitrogen and oxygen atoms in total. The summed E-state index contributed by atoms with van der Waals surface area (Å²) in [4.78, 5) is 24.8. The third kappa shape index (κ3) is 3.32. The van der Waals surface area contributed by atoms with Gasteiger partial charge in [0, 0.05) is 48.4 Å². The summed E-state index contributed by atoms with van der Waals surface area (Å²) in [7, 11) is 1.68. The third-order valence-corrected chi connectivity index (χ3v) is 6.08. The van der Waals surface area contributed by atoms with E-state index in [0.29, 0.717) is 15.8 Å². The van der Waals surface area contributed by atoms with Crippen molar-refractivity contribution in [1.82, 2.24) is 9.47 Å². The highest BCUT2D eigenvalue weighted by Gasteiger charge is 2.29. The first-order chi connectivity index (χ1) is 13.4. The SMILES string of the molecule is CN1C(=O)/C(=C\c2cn(Cc3ccc([N+](=O)[O-])cc3)c3ccccc23)SC1=S. The second kappa shape index (κ2) is 7.21. The Morgan fingerprint density at radius 2 is 1.89 bits per heavy atom. The van der Waals surface area contributed by atoms with Crippen LogP contribution in [-0.2, 0) is 11.3 Å². The molecule has 2 aromatic carbocycles. The molecule has 0 atom stereocenters. The highest BCUT2D eigenvalue weighted by molar-refractivity contribution is 8.26. The van der Waals surface area contributed by atoms with Gasteiger partial charge >= 0.3 is 0 Å². The van der Waals surface area contributed by atoms with Crippen LogP contribution in [0, 0.1) is 10.1 Å². The van der Waals surface area contributed by atoms with Crippen LogP contribution in [0.5, 0.6) is 0 Å². The number of likely N-dealkylation sites (N-methyl/N-ethyl adjacent to an activating group) is 1. The van der Waals surface area contributed by atoms with Gasteiger partial charge in [0.1, 0.15) is 4.32 Å². The number of carbonyl (C=O) groups is 1. The van der Waals surface area contributed by atoms with Crippen LogP contribution < -0.4 is 0 Å². The van der Waals surface area contributed by atoms with Crippen molar-refractivity contribution in [3.8, 4) is 0 Å². The lowest BCUT2D eigenvalue weighted by atomic mass is 10.1. The van der Waals surface area contributed by atoms with E-state index < -0.39 is 4.92 Å².